The fraction of sp³-hybridized carbons (Fsp3) is 0.429. The Balaban J connectivity index is 2.11. The van der Waals surface area contributed by atoms with E-state index in [1.165, 1.54) is 11.1 Å². The molecule has 1 aromatic heterocycles. The summed E-state index contributed by atoms with van der Waals surface area (Å²) in [6.45, 7) is 8.16. The van der Waals surface area contributed by atoms with E-state index < -0.39 is 0 Å². The van der Waals surface area contributed by atoms with E-state index in [1.807, 2.05) is 10.9 Å². The van der Waals surface area contributed by atoms with E-state index in [1.54, 1.807) is 0 Å². The van der Waals surface area contributed by atoms with E-state index in [0.29, 0.717) is 0 Å². The summed E-state index contributed by atoms with van der Waals surface area (Å²) in [6.07, 6.45) is 3.11. The van der Waals surface area contributed by atoms with Gasteiger partial charge in [0.25, 0.3) is 0 Å². The molecule has 0 amide bonds. The lowest BCUT2D eigenvalue weighted by atomic mass is 10.1. The minimum Gasteiger partial charge on any atom is -0.311 e. The number of hydrogen-bond acceptors (Lipinski definition) is 3. The van der Waals surface area contributed by atoms with Crippen molar-refractivity contribution in [3.05, 3.63) is 41.2 Å². The maximum Gasteiger partial charge on any atom is 0.0969 e. The summed E-state index contributed by atoms with van der Waals surface area (Å²) in [6, 6.07) is 6.31. The van der Waals surface area contributed by atoms with Crippen LogP contribution in [0.25, 0.3) is 5.69 Å². The molecule has 96 valence electrons. The van der Waals surface area contributed by atoms with Crippen LogP contribution in [0.4, 0.5) is 0 Å². The van der Waals surface area contributed by atoms with Crippen LogP contribution >= 0.6 is 0 Å². The number of nitrogens with one attached hydrogen (secondary N) is 1. The molecule has 18 heavy (non-hydrogen) atoms. The van der Waals surface area contributed by atoms with Crippen LogP contribution in [0.1, 0.15) is 30.2 Å². The zero-order valence-electron chi connectivity index (χ0n) is 11.3. The van der Waals surface area contributed by atoms with Gasteiger partial charge in [-0.05, 0) is 50.1 Å². The second-order valence-corrected chi connectivity index (χ2v) is 4.60. The molecule has 2 aromatic rings. The molecular formula is C14H20N4. The molecule has 1 N–H and O–H groups in total. The van der Waals surface area contributed by atoms with Gasteiger partial charge in [0.15, 0.2) is 0 Å². The standard InChI is InChI=1S/C14H20N4/c1-4-7-15-9-13-10-18(17-16-13)14-6-5-11(2)12(3)8-14/h5-6,8,10,15H,4,7,9H2,1-3H3. The molecule has 2 rings (SSSR count). The fourth-order valence-corrected chi connectivity index (χ4v) is 1.77. The van der Waals surface area contributed by atoms with E-state index in [0.717, 1.165) is 30.9 Å². The predicted octanol–water partition coefficient (Wildman–Crippen LogP) is 2.38. The van der Waals surface area contributed by atoms with Crippen molar-refractivity contribution in [3.63, 3.8) is 0 Å². The average molecular weight is 244 g/mol. The van der Waals surface area contributed by atoms with Gasteiger partial charge < -0.3 is 5.32 Å². The zero-order chi connectivity index (χ0) is 13.0. The van der Waals surface area contributed by atoms with Crippen LogP contribution < -0.4 is 5.32 Å². The number of rotatable bonds is 5. The van der Waals surface area contributed by atoms with Crippen molar-refractivity contribution in [2.24, 2.45) is 0 Å². The minimum atomic E-state index is 0.776. The van der Waals surface area contributed by atoms with E-state index in [-0.39, 0.29) is 0 Å². The van der Waals surface area contributed by atoms with Crippen molar-refractivity contribution < 1.29 is 0 Å². The van der Waals surface area contributed by atoms with Gasteiger partial charge in [-0.1, -0.05) is 18.2 Å². The van der Waals surface area contributed by atoms with Gasteiger partial charge in [0, 0.05) is 6.54 Å². The SMILES string of the molecule is CCCNCc1cn(-c2ccc(C)c(C)c2)nn1. The highest BCUT2D eigenvalue weighted by molar-refractivity contribution is 5.38. The third kappa shape index (κ3) is 2.96. The Morgan fingerprint density at radius 1 is 1.22 bits per heavy atom. The quantitative estimate of drug-likeness (QED) is 0.821. The van der Waals surface area contributed by atoms with Crippen molar-refractivity contribution in [2.45, 2.75) is 33.7 Å². The van der Waals surface area contributed by atoms with Gasteiger partial charge in [0.05, 0.1) is 17.6 Å². The van der Waals surface area contributed by atoms with Gasteiger partial charge >= 0.3 is 0 Å². The van der Waals surface area contributed by atoms with E-state index >= 15 is 0 Å². The summed E-state index contributed by atoms with van der Waals surface area (Å²) in [5.41, 5.74) is 4.60. The molecule has 0 atom stereocenters. The maximum absolute atomic E-state index is 4.17. The first-order valence-corrected chi connectivity index (χ1v) is 6.40. The van der Waals surface area contributed by atoms with Crippen LogP contribution in [0.3, 0.4) is 0 Å². The zero-order valence-corrected chi connectivity index (χ0v) is 11.3. The molecule has 0 saturated heterocycles. The molecule has 0 aliphatic rings. The predicted molar refractivity (Wildman–Crippen MR) is 72.8 cm³/mol. The summed E-state index contributed by atoms with van der Waals surface area (Å²) in [5, 5.41) is 11.7. The first kappa shape index (κ1) is 12.8. The highest BCUT2D eigenvalue weighted by Gasteiger charge is 2.03. The summed E-state index contributed by atoms with van der Waals surface area (Å²) >= 11 is 0. The van der Waals surface area contributed by atoms with Crippen molar-refractivity contribution in [3.8, 4) is 5.69 Å². The van der Waals surface area contributed by atoms with Crippen molar-refractivity contribution in [2.75, 3.05) is 6.54 Å². The number of aryl methyl sites for hydroxylation is 2. The highest BCUT2D eigenvalue weighted by Crippen LogP contribution is 2.13. The third-order valence-corrected chi connectivity index (χ3v) is 3.03. The Kier molecular flexibility index (Phi) is 4.10. The lowest BCUT2D eigenvalue weighted by Gasteiger charge is -2.04. The molecule has 0 saturated carbocycles. The molecule has 1 aromatic carbocycles. The molecule has 1 heterocycles. The second kappa shape index (κ2) is 5.78. The molecule has 0 aliphatic carbocycles. The Morgan fingerprint density at radius 3 is 2.78 bits per heavy atom. The molecule has 0 spiro atoms. The molecule has 0 bridgehead atoms. The smallest absolute Gasteiger partial charge is 0.0969 e. The van der Waals surface area contributed by atoms with Crippen molar-refractivity contribution >= 4 is 0 Å². The van der Waals surface area contributed by atoms with Crippen LogP contribution in [0, 0.1) is 13.8 Å². The first-order valence-electron chi connectivity index (χ1n) is 6.40. The summed E-state index contributed by atoms with van der Waals surface area (Å²) in [4.78, 5) is 0. The van der Waals surface area contributed by atoms with E-state index in [4.69, 9.17) is 0 Å². The third-order valence-electron chi connectivity index (χ3n) is 3.03. The Labute approximate surface area is 108 Å². The van der Waals surface area contributed by atoms with Gasteiger partial charge in [-0.15, -0.1) is 5.10 Å². The van der Waals surface area contributed by atoms with Crippen LogP contribution in [-0.2, 0) is 6.54 Å². The highest BCUT2D eigenvalue weighted by atomic mass is 15.4. The number of aromatic nitrogens is 3. The second-order valence-electron chi connectivity index (χ2n) is 4.60. The molecule has 0 unspecified atom stereocenters. The molecule has 4 nitrogen and oxygen atoms in total. The van der Waals surface area contributed by atoms with Crippen LogP contribution in [0.15, 0.2) is 24.4 Å². The Hall–Kier alpha value is -1.68. The minimum absolute atomic E-state index is 0.776. The average Bonchev–Trinajstić information content (AvgIpc) is 2.82. The number of nitrogens with zero attached hydrogens (tertiary/aromatic N) is 3. The van der Waals surface area contributed by atoms with Crippen LogP contribution in [0.2, 0.25) is 0 Å². The van der Waals surface area contributed by atoms with Gasteiger partial charge in [0.2, 0.25) is 0 Å². The number of benzene rings is 1. The lowest BCUT2D eigenvalue weighted by molar-refractivity contribution is 0.662. The lowest BCUT2D eigenvalue weighted by Crippen LogP contribution is -2.13. The molecule has 0 fully saturated rings. The van der Waals surface area contributed by atoms with Gasteiger partial charge in [-0.25, -0.2) is 4.68 Å². The topological polar surface area (TPSA) is 42.7 Å². The van der Waals surface area contributed by atoms with Crippen molar-refractivity contribution in [1.29, 1.82) is 0 Å². The summed E-state index contributed by atoms with van der Waals surface area (Å²) in [5.74, 6) is 0. The largest absolute Gasteiger partial charge is 0.311 e. The summed E-state index contributed by atoms with van der Waals surface area (Å²) in [7, 11) is 0. The summed E-state index contributed by atoms with van der Waals surface area (Å²) < 4.78 is 1.83. The molecule has 0 radical (unpaired) electrons. The van der Waals surface area contributed by atoms with Gasteiger partial charge in [-0.2, -0.15) is 0 Å². The Bertz CT molecular complexity index is 516. The number of hydrogen-bond donors (Lipinski definition) is 1. The van der Waals surface area contributed by atoms with E-state index in [2.05, 4.69) is 54.6 Å². The maximum atomic E-state index is 4.17. The first-order chi connectivity index (χ1) is 8.70. The monoisotopic (exact) mass is 244 g/mol. The van der Waals surface area contributed by atoms with Gasteiger partial charge in [-0.3, -0.25) is 0 Å². The van der Waals surface area contributed by atoms with Crippen molar-refractivity contribution in [1.82, 2.24) is 20.3 Å². The van der Waals surface area contributed by atoms with Crippen LogP contribution in [-0.4, -0.2) is 21.5 Å². The van der Waals surface area contributed by atoms with E-state index in [9.17, 15) is 0 Å². The normalized spacial score (nSPS) is 10.8. The fourth-order valence-electron chi connectivity index (χ4n) is 1.77. The van der Waals surface area contributed by atoms with Gasteiger partial charge in [0.1, 0.15) is 0 Å². The molecule has 0 aliphatic heterocycles. The molecular weight excluding hydrogens is 224 g/mol. The Morgan fingerprint density at radius 2 is 2.06 bits per heavy atom. The van der Waals surface area contributed by atoms with Crippen LogP contribution in [0.5, 0.6) is 0 Å². The molecule has 4 heteroatoms.